The van der Waals surface area contributed by atoms with Crippen molar-refractivity contribution in [1.29, 1.82) is 0 Å². The Kier molecular flexibility index (Phi) is 4.88. The molecule has 3 N–H and O–H groups in total. The van der Waals surface area contributed by atoms with E-state index in [1.807, 2.05) is 18.0 Å². The maximum absolute atomic E-state index is 5.76. The highest BCUT2D eigenvalue weighted by molar-refractivity contribution is 8.00. The van der Waals surface area contributed by atoms with Crippen LogP contribution in [0.15, 0.2) is 12.3 Å². The summed E-state index contributed by atoms with van der Waals surface area (Å²) >= 11 is 2.04. The molecule has 1 saturated heterocycles. The minimum Gasteiger partial charge on any atom is -0.271 e. The molecule has 5 heteroatoms. The Bertz CT molecular complexity index is 333. The Labute approximate surface area is 107 Å². The lowest BCUT2D eigenvalue weighted by Gasteiger charge is -2.29. The Morgan fingerprint density at radius 2 is 2.53 bits per heavy atom. The Morgan fingerprint density at radius 3 is 3.18 bits per heavy atom. The zero-order chi connectivity index (χ0) is 12.1. The highest BCUT2D eigenvalue weighted by Crippen LogP contribution is 2.34. The number of nitrogens with zero attached hydrogens (tertiary/aromatic N) is 2. The third kappa shape index (κ3) is 3.03. The first-order valence-corrected chi connectivity index (χ1v) is 7.51. The second-order valence-electron chi connectivity index (χ2n) is 4.53. The molecular weight excluding hydrogens is 232 g/mol. The van der Waals surface area contributed by atoms with Gasteiger partial charge in [0.15, 0.2) is 0 Å². The predicted molar refractivity (Wildman–Crippen MR) is 72.7 cm³/mol. The van der Waals surface area contributed by atoms with E-state index in [1.165, 1.54) is 30.7 Å². The number of nitrogens with two attached hydrogens (primary N) is 1. The predicted octanol–water partition coefficient (Wildman–Crippen LogP) is 2.08. The smallest absolute Gasteiger partial charge is 0.0747 e. The first-order valence-electron chi connectivity index (χ1n) is 6.46. The largest absolute Gasteiger partial charge is 0.271 e. The van der Waals surface area contributed by atoms with E-state index in [1.54, 1.807) is 0 Å². The summed E-state index contributed by atoms with van der Waals surface area (Å²) in [5.74, 6) is 7.01. The molecule has 2 rings (SSSR count). The molecule has 0 aromatic carbocycles. The van der Waals surface area contributed by atoms with E-state index in [0.29, 0.717) is 5.25 Å². The Hall–Kier alpha value is -0.520. The van der Waals surface area contributed by atoms with Gasteiger partial charge in [0.05, 0.1) is 11.7 Å². The molecule has 0 spiro atoms. The SMILES string of the molecule is CCCn1nccc1C(NN)C1CCCCS1. The van der Waals surface area contributed by atoms with Crippen molar-refractivity contribution in [2.45, 2.75) is 50.4 Å². The molecule has 0 amide bonds. The molecule has 96 valence electrons. The van der Waals surface area contributed by atoms with Gasteiger partial charge in [-0.25, -0.2) is 0 Å². The van der Waals surface area contributed by atoms with Gasteiger partial charge >= 0.3 is 0 Å². The second kappa shape index (κ2) is 6.42. The minimum absolute atomic E-state index is 0.231. The van der Waals surface area contributed by atoms with Gasteiger partial charge in [-0.15, -0.1) is 0 Å². The average Bonchev–Trinajstić information content (AvgIpc) is 2.81. The number of hydrazine groups is 1. The van der Waals surface area contributed by atoms with Crippen LogP contribution >= 0.6 is 11.8 Å². The highest BCUT2D eigenvalue weighted by Gasteiger charge is 2.26. The van der Waals surface area contributed by atoms with Gasteiger partial charge in [-0.3, -0.25) is 16.0 Å². The number of aryl methyl sites for hydroxylation is 1. The molecule has 0 radical (unpaired) electrons. The van der Waals surface area contributed by atoms with Gasteiger partial charge in [-0.2, -0.15) is 16.9 Å². The van der Waals surface area contributed by atoms with Crippen LogP contribution in [0.4, 0.5) is 0 Å². The topological polar surface area (TPSA) is 55.9 Å². The monoisotopic (exact) mass is 254 g/mol. The van der Waals surface area contributed by atoms with Gasteiger partial charge in [-0.1, -0.05) is 13.3 Å². The fourth-order valence-electron chi connectivity index (χ4n) is 2.42. The molecule has 0 saturated carbocycles. The molecule has 1 aromatic heterocycles. The minimum atomic E-state index is 0.231. The van der Waals surface area contributed by atoms with Crippen LogP contribution in [0.2, 0.25) is 0 Å². The van der Waals surface area contributed by atoms with E-state index in [-0.39, 0.29) is 6.04 Å². The molecule has 0 bridgehead atoms. The third-order valence-electron chi connectivity index (χ3n) is 3.27. The van der Waals surface area contributed by atoms with Gasteiger partial charge in [-0.05, 0) is 31.1 Å². The van der Waals surface area contributed by atoms with E-state index in [2.05, 4.69) is 28.2 Å². The van der Waals surface area contributed by atoms with Crippen molar-refractivity contribution in [3.8, 4) is 0 Å². The standard InChI is InChI=1S/C12H22N4S/c1-2-8-16-10(6-7-14-16)12(15-13)11-5-3-4-9-17-11/h6-7,11-12,15H,2-5,8-9,13H2,1H3. The normalized spacial score (nSPS) is 22.6. The summed E-state index contributed by atoms with van der Waals surface area (Å²) in [6.45, 7) is 3.14. The summed E-state index contributed by atoms with van der Waals surface area (Å²) in [5.41, 5.74) is 4.22. The van der Waals surface area contributed by atoms with Gasteiger partial charge < -0.3 is 0 Å². The van der Waals surface area contributed by atoms with E-state index in [9.17, 15) is 0 Å². The summed E-state index contributed by atoms with van der Waals surface area (Å²) in [4.78, 5) is 0. The molecular formula is C12H22N4S. The van der Waals surface area contributed by atoms with Crippen molar-refractivity contribution < 1.29 is 0 Å². The van der Waals surface area contributed by atoms with Crippen molar-refractivity contribution in [3.05, 3.63) is 18.0 Å². The van der Waals surface area contributed by atoms with Crippen molar-refractivity contribution in [2.24, 2.45) is 5.84 Å². The molecule has 2 atom stereocenters. The van der Waals surface area contributed by atoms with E-state index in [0.717, 1.165) is 13.0 Å². The Morgan fingerprint density at radius 1 is 1.65 bits per heavy atom. The fraction of sp³-hybridized carbons (Fsp3) is 0.750. The van der Waals surface area contributed by atoms with Crippen LogP contribution in [0.1, 0.15) is 44.3 Å². The van der Waals surface area contributed by atoms with Crippen LogP contribution in [0.25, 0.3) is 0 Å². The molecule has 1 aliphatic rings. The first kappa shape index (κ1) is 12.9. The van der Waals surface area contributed by atoms with Gasteiger partial charge in [0, 0.05) is 18.0 Å². The van der Waals surface area contributed by atoms with Crippen molar-refractivity contribution in [1.82, 2.24) is 15.2 Å². The van der Waals surface area contributed by atoms with Gasteiger partial charge in [0.2, 0.25) is 0 Å². The van der Waals surface area contributed by atoms with Crippen LogP contribution < -0.4 is 11.3 Å². The van der Waals surface area contributed by atoms with E-state index < -0.39 is 0 Å². The lowest BCUT2D eigenvalue weighted by atomic mass is 10.0. The van der Waals surface area contributed by atoms with Crippen molar-refractivity contribution in [3.63, 3.8) is 0 Å². The van der Waals surface area contributed by atoms with Crippen LogP contribution in [0.3, 0.4) is 0 Å². The van der Waals surface area contributed by atoms with Crippen LogP contribution in [-0.2, 0) is 6.54 Å². The second-order valence-corrected chi connectivity index (χ2v) is 5.88. The first-order chi connectivity index (χ1) is 8.36. The average molecular weight is 254 g/mol. The molecule has 17 heavy (non-hydrogen) atoms. The van der Waals surface area contributed by atoms with E-state index in [4.69, 9.17) is 5.84 Å². The molecule has 1 aliphatic heterocycles. The maximum Gasteiger partial charge on any atom is 0.0747 e. The number of thioether (sulfide) groups is 1. The lowest BCUT2D eigenvalue weighted by Crippen LogP contribution is -2.37. The number of hydrogen-bond donors (Lipinski definition) is 2. The molecule has 2 heterocycles. The highest BCUT2D eigenvalue weighted by atomic mass is 32.2. The molecule has 1 fully saturated rings. The molecule has 1 aromatic rings. The maximum atomic E-state index is 5.76. The van der Waals surface area contributed by atoms with Crippen molar-refractivity contribution in [2.75, 3.05) is 5.75 Å². The summed E-state index contributed by atoms with van der Waals surface area (Å²) in [6.07, 6.45) is 6.88. The quantitative estimate of drug-likeness (QED) is 0.624. The zero-order valence-corrected chi connectivity index (χ0v) is 11.2. The lowest BCUT2D eigenvalue weighted by molar-refractivity contribution is 0.446. The summed E-state index contributed by atoms with van der Waals surface area (Å²) in [7, 11) is 0. The van der Waals surface area contributed by atoms with Crippen molar-refractivity contribution >= 4 is 11.8 Å². The zero-order valence-electron chi connectivity index (χ0n) is 10.4. The Balaban J connectivity index is 2.12. The molecule has 2 unspecified atom stereocenters. The molecule has 4 nitrogen and oxygen atoms in total. The number of nitrogens with one attached hydrogen (secondary N) is 1. The van der Waals surface area contributed by atoms with Crippen LogP contribution in [-0.4, -0.2) is 20.8 Å². The van der Waals surface area contributed by atoms with E-state index >= 15 is 0 Å². The summed E-state index contributed by atoms with van der Waals surface area (Å²) in [6, 6.07) is 2.32. The summed E-state index contributed by atoms with van der Waals surface area (Å²) < 4.78 is 2.08. The third-order valence-corrected chi connectivity index (χ3v) is 4.73. The number of rotatable bonds is 5. The fourth-order valence-corrected chi connectivity index (χ4v) is 3.83. The molecule has 0 aliphatic carbocycles. The van der Waals surface area contributed by atoms with Crippen LogP contribution in [0, 0.1) is 0 Å². The number of hydrogen-bond acceptors (Lipinski definition) is 4. The van der Waals surface area contributed by atoms with Gasteiger partial charge in [0.1, 0.15) is 0 Å². The van der Waals surface area contributed by atoms with Crippen LogP contribution in [0.5, 0.6) is 0 Å². The van der Waals surface area contributed by atoms with Gasteiger partial charge in [0.25, 0.3) is 0 Å². The number of aromatic nitrogens is 2. The summed E-state index contributed by atoms with van der Waals surface area (Å²) in [5, 5.41) is 4.97.